The summed E-state index contributed by atoms with van der Waals surface area (Å²) in [4.78, 5) is 0. The van der Waals surface area contributed by atoms with E-state index in [1.165, 1.54) is 56.2 Å². The maximum absolute atomic E-state index is 4.65. The lowest BCUT2D eigenvalue weighted by Gasteiger charge is -2.12. The molecule has 14 heavy (non-hydrogen) atoms. The SMILES string of the molecule is Brc1nn(C2CCCC2)c2c1CCC2. The molecule has 0 spiro atoms. The van der Waals surface area contributed by atoms with Crippen LogP contribution in [0.3, 0.4) is 0 Å². The van der Waals surface area contributed by atoms with Crippen LogP contribution in [-0.4, -0.2) is 9.78 Å². The molecule has 0 atom stereocenters. The van der Waals surface area contributed by atoms with E-state index in [-0.39, 0.29) is 0 Å². The quantitative estimate of drug-likeness (QED) is 0.753. The van der Waals surface area contributed by atoms with Crippen LogP contribution in [0.25, 0.3) is 0 Å². The second kappa shape index (κ2) is 3.37. The van der Waals surface area contributed by atoms with Crippen molar-refractivity contribution in [2.24, 2.45) is 0 Å². The van der Waals surface area contributed by atoms with Gasteiger partial charge in [-0.1, -0.05) is 12.8 Å². The van der Waals surface area contributed by atoms with Crippen LogP contribution in [0.2, 0.25) is 0 Å². The van der Waals surface area contributed by atoms with Crippen LogP contribution in [-0.2, 0) is 12.8 Å². The molecule has 1 fully saturated rings. The van der Waals surface area contributed by atoms with Gasteiger partial charge in [-0.15, -0.1) is 0 Å². The van der Waals surface area contributed by atoms with Crippen molar-refractivity contribution in [2.75, 3.05) is 0 Å². The van der Waals surface area contributed by atoms with Gasteiger partial charge < -0.3 is 0 Å². The van der Waals surface area contributed by atoms with E-state index in [1.807, 2.05) is 0 Å². The van der Waals surface area contributed by atoms with Gasteiger partial charge in [-0.2, -0.15) is 5.10 Å². The van der Waals surface area contributed by atoms with E-state index in [0.717, 1.165) is 4.60 Å². The number of halogens is 1. The number of rotatable bonds is 1. The van der Waals surface area contributed by atoms with E-state index >= 15 is 0 Å². The van der Waals surface area contributed by atoms with Gasteiger partial charge in [-0.05, 0) is 48.0 Å². The maximum Gasteiger partial charge on any atom is 0.131 e. The molecule has 0 aromatic carbocycles. The molecule has 1 aromatic rings. The summed E-state index contributed by atoms with van der Waals surface area (Å²) >= 11 is 3.58. The van der Waals surface area contributed by atoms with E-state index < -0.39 is 0 Å². The highest BCUT2D eigenvalue weighted by atomic mass is 79.9. The second-order valence-electron chi connectivity index (χ2n) is 4.45. The Balaban J connectivity index is 2.01. The molecule has 0 unspecified atom stereocenters. The molecule has 1 aromatic heterocycles. The van der Waals surface area contributed by atoms with Crippen LogP contribution >= 0.6 is 15.9 Å². The molecule has 0 saturated heterocycles. The summed E-state index contributed by atoms with van der Waals surface area (Å²) in [7, 11) is 0. The van der Waals surface area contributed by atoms with E-state index in [2.05, 4.69) is 25.7 Å². The van der Waals surface area contributed by atoms with Gasteiger partial charge >= 0.3 is 0 Å². The third-order valence-electron chi connectivity index (χ3n) is 3.58. The summed E-state index contributed by atoms with van der Waals surface area (Å²) in [6.07, 6.45) is 9.22. The van der Waals surface area contributed by atoms with Crippen LogP contribution in [0, 0.1) is 0 Å². The minimum Gasteiger partial charge on any atom is -0.265 e. The summed E-state index contributed by atoms with van der Waals surface area (Å²) in [5.74, 6) is 0. The van der Waals surface area contributed by atoms with E-state index in [9.17, 15) is 0 Å². The number of hydrogen-bond donors (Lipinski definition) is 0. The fraction of sp³-hybridized carbons (Fsp3) is 0.727. The zero-order chi connectivity index (χ0) is 9.54. The number of fused-ring (bicyclic) bond motifs is 1. The second-order valence-corrected chi connectivity index (χ2v) is 5.20. The van der Waals surface area contributed by atoms with Gasteiger partial charge in [0.2, 0.25) is 0 Å². The first kappa shape index (κ1) is 8.96. The summed E-state index contributed by atoms with van der Waals surface area (Å²) in [6.45, 7) is 0. The standard InChI is InChI=1S/C11H15BrN2/c12-11-9-6-3-7-10(9)14(13-11)8-4-1-2-5-8/h8H,1-7H2. The normalized spacial score (nSPS) is 21.8. The molecule has 2 nitrogen and oxygen atoms in total. The highest BCUT2D eigenvalue weighted by molar-refractivity contribution is 9.10. The van der Waals surface area contributed by atoms with Crippen molar-refractivity contribution in [3.63, 3.8) is 0 Å². The predicted molar refractivity (Wildman–Crippen MR) is 59.5 cm³/mol. The molecular weight excluding hydrogens is 240 g/mol. The van der Waals surface area contributed by atoms with Gasteiger partial charge in [0.25, 0.3) is 0 Å². The summed E-state index contributed by atoms with van der Waals surface area (Å²) in [6, 6.07) is 0.702. The Morgan fingerprint density at radius 1 is 1.14 bits per heavy atom. The monoisotopic (exact) mass is 254 g/mol. The maximum atomic E-state index is 4.65. The molecule has 76 valence electrons. The highest BCUT2D eigenvalue weighted by Gasteiger charge is 2.26. The molecule has 0 amide bonds. The van der Waals surface area contributed by atoms with Crippen molar-refractivity contribution in [1.29, 1.82) is 0 Å². The number of nitrogens with zero attached hydrogens (tertiary/aromatic N) is 2. The topological polar surface area (TPSA) is 17.8 Å². The minimum atomic E-state index is 0.702. The first-order chi connectivity index (χ1) is 6.86. The Morgan fingerprint density at radius 2 is 1.93 bits per heavy atom. The summed E-state index contributed by atoms with van der Waals surface area (Å²) in [5, 5.41) is 4.65. The van der Waals surface area contributed by atoms with Gasteiger partial charge in [0, 0.05) is 11.3 Å². The Labute approximate surface area is 92.8 Å². The molecule has 0 bridgehead atoms. The van der Waals surface area contributed by atoms with E-state index in [4.69, 9.17) is 0 Å². The van der Waals surface area contributed by atoms with Crippen LogP contribution in [0.5, 0.6) is 0 Å². The highest BCUT2D eigenvalue weighted by Crippen LogP contribution is 2.36. The van der Waals surface area contributed by atoms with Gasteiger partial charge in [-0.3, -0.25) is 4.68 Å². The Morgan fingerprint density at radius 3 is 2.71 bits per heavy atom. The lowest BCUT2D eigenvalue weighted by Crippen LogP contribution is -2.09. The molecule has 0 radical (unpaired) electrons. The first-order valence-electron chi connectivity index (χ1n) is 5.62. The van der Waals surface area contributed by atoms with Crippen LogP contribution < -0.4 is 0 Å². The van der Waals surface area contributed by atoms with Crippen molar-refractivity contribution < 1.29 is 0 Å². The van der Waals surface area contributed by atoms with Crippen molar-refractivity contribution in [3.05, 3.63) is 15.9 Å². The van der Waals surface area contributed by atoms with Crippen molar-refractivity contribution in [2.45, 2.75) is 51.0 Å². The van der Waals surface area contributed by atoms with Crippen molar-refractivity contribution in [3.8, 4) is 0 Å². The third-order valence-corrected chi connectivity index (χ3v) is 4.22. The van der Waals surface area contributed by atoms with Crippen LogP contribution in [0.1, 0.15) is 49.4 Å². The zero-order valence-corrected chi connectivity index (χ0v) is 9.89. The summed E-state index contributed by atoms with van der Waals surface area (Å²) in [5.41, 5.74) is 3.00. The lowest BCUT2D eigenvalue weighted by molar-refractivity contribution is 0.449. The average molecular weight is 255 g/mol. The van der Waals surface area contributed by atoms with E-state index in [0.29, 0.717) is 6.04 Å². The fourth-order valence-corrected chi connectivity index (χ4v) is 3.47. The lowest BCUT2D eigenvalue weighted by atomic mass is 10.2. The van der Waals surface area contributed by atoms with Gasteiger partial charge in [-0.25, -0.2) is 0 Å². The zero-order valence-electron chi connectivity index (χ0n) is 8.30. The Bertz CT molecular complexity index is 350. The fourth-order valence-electron chi connectivity index (χ4n) is 2.87. The van der Waals surface area contributed by atoms with Crippen LogP contribution in [0.15, 0.2) is 4.60 Å². The van der Waals surface area contributed by atoms with Crippen molar-refractivity contribution in [1.82, 2.24) is 9.78 Å². The predicted octanol–water partition coefficient (Wildman–Crippen LogP) is 3.25. The first-order valence-corrected chi connectivity index (χ1v) is 6.41. The molecule has 2 aliphatic carbocycles. The molecule has 2 aliphatic rings. The van der Waals surface area contributed by atoms with Crippen LogP contribution in [0.4, 0.5) is 0 Å². The molecular formula is C11H15BrN2. The Hall–Kier alpha value is -0.310. The van der Waals surface area contributed by atoms with Gasteiger partial charge in [0.05, 0.1) is 6.04 Å². The molecule has 1 heterocycles. The molecule has 1 saturated carbocycles. The molecule has 3 rings (SSSR count). The number of hydrogen-bond acceptors (Lipinski definition) is 1. The summed E-state index contributed by atoms with van der Waals surface area (Å²) < 4.78 is 3.43. The average Bonchev–Trinajstić information content (AvgIpc) is 2.84. The smallest absolute Gasteiger partial charge is 0.131 e. The molecule has 3 heteroatoms. The third kappa shape index (κ3) is 1.25. The van der Waals surface area contributed by atoms with Crippen molar-refractivity contribution >= 4 is 15.9 Å². The van der Waals surface area contributed by atoms with Gasteiger partial charge in [0.15, 0.2) is 0 Å². The molecule has 0 N–H and O–H groups in total. The minimum absolute atomic E-state index is 0.702. The number of aromatic nitrogens is 2. The molecule has 0 aliphatic heterocycles. The Kier molecular flexibility index (Phi) is 2.15. The largest absolute Gasteiger partial charge is 0.265 e. The van der Waals surface area contributed by atoms with Gasteiger partial charge in [0.1, 0.15) is 4.60 Å². The van der Waals surface area contributed by atoms with E-state index in [1.54, 1.807) is 0 Å².